The molecule has 4 aliphatic rings. The van der Waals surface area contributed by atoms with E-state index in [2.05, 4.69) is 28.4 Å². The number of para-hydroxylation sites is 2. The lowest BCUT2D eigenvalue weighted by atomic mass is 9.53. The minimum absolute atomic E-state index is 0.138. The van der Waals surface area contributed by atoms with Crippen molar-refractivity contribution in [3.05, 3.63) is 96.1 Å². The molecular weight excluding hydrogens is 438 g/mol. The largest absolute Gasteiger partial charge is 0.504 e. The Morgan fingerprint density at radius 3 is 2.57 bits per heavy atom. The normalized spacial score (nSPS) is 30.0. The summed E-state index contributed by atoms with van der Waals surface area (Å²) in [6, 6.07) is 24.1. The average molecular weight is 466 g/mol. The summed E-state index contributed by atoms with van der Waals surface area (Å²) in [6.07, 6.45) is 4.57. The number of rotatable bonds is 2. The van der Waals surface area contributed by atoms with Crippen LogP contribution in [0.5, 0.6) is 11.5 Å². The number of anilines is 1. The molecule has 3 aromatic carbocycles. The van der Waals surface area contributed by atoms with Gasteiger partial charge < -0.3 is 25.2 Å². The van der Waals surface area contributed by atoms with E-state index in [1.54, 1.807) is 6.07 Å². The number of nitrogens with zero attached hydrogens (tertiary/aromatic N) is 2. The van der Waals surface area contributed by atoms with Crippen LogP contribution in [0.2, 0.25) is 0 Å². The van der Waals surface area contributed by atoms with Gasteiger partial charge in [-0.1, -0.05) is 54.6 Å². The topological polar surface area (TPSA) is 77.3 Å². The highest BCUT2D eigenvalue weighted by atomic mass is 16.5. The Hall–Kier alpha value is -3.77. The van der Waals surface area contributed by atoms with E-state index in [1.165, 1.54) is 5.56 Å². The van der Waals surface area contributed by atoms with E-state index in [0.717, 1.165) is 42.3 Å². The number of likely N-dealkylation sites (tertiary alicyclic amines) is 1. The van der Waals surface area contributed by atoms with Crippen LogP contribution < -0.4 is 10.1 Å². The van der Waals surface area contributed by atoms with E-state index in [-0.39, 0.29) is 29.2 Å². The van der Waals surface area contributed by atoms with Crippen LogP contribution in [0, 0.1) is 5.92 Å². The highest BCUT2D eigenvalue weighted by Crippen LogP contribution is 2.62. The number of hydrogen-bond acceptors (Lipinski definition) is 4. The van der Waals surface area contributed by atoms with Gasteiger partial charge in [-0.2, -0.15) is 0 Å². The minimum Gasteiger partial charge on any atom is -0.504 e. The fourth-order valence-electron chi connectivity index (χ4n) is 6.76. The van der Waals surface area contributed by atoms with Crippen LogP contribution in [0.1, 0.15) is 17.5 Å². The first-order valence-corrected chi connectivity index (χ1v) is 12.3. The first-order chi connectivity index (χ1) is 17.1. The first kappa shape index (κ1) is 20.6. The Morgan fingerprint density at radius 2 is 1.77 bits per heavy atom. The molecule has 6 nitrogen and oxygen atoms in total. The molecule has 1 saturated heterocycles. The van der Waals surface area contributed by atoms with Crippen molar-refractivity contribution < 1.29 is 14.9 Å². The number of aliphatic imine (C=N–C) groups is 1. The Labute approximate surface area is 204 Å². The second-order valence-electron chi connectivity index (χ2n) is 9.90. The van der Waals surface area contributed by atoms with E-state index in [0.29, 0.717) is 5.75 Å². The number of hydrogen-bond donors (Lipinski definition) is 3. The summed E-state index contributed by atoms with van der Waals surface area (Å²) in [4.78, 5) is 7.46. The summed E-state index contributed by atoms with van der Waals surface area (Å²) in [5, 5.41) is 25.1. The third-order valence-corrected chi connectivity index (χ3v) is 8.17. The van der Waals surface area contributed by atoms with Crippen molar-refractivity contribution in [3.8, 4) is 11.5 Å². The summed E-state index contributed by atoms with van der Waals surface area (Å²) in [5.74, 6) is 1.68. The molecule has 0 amide bonds. The van der Waals surface area contributed by atoms with Crippen molar-refractivity contribution in [2.75, 3.05) is 11.9 Å². The molecule has 35 heavy (non-hydrogen) atoms. The monoisotopic (exact) mass is 465 g/mol. The Bertz CT molecular complexity index is 1340. The molecule has 2 aliphatic heterocycles. The third kappa shape index (κ3) is 2.96. The third-order valence-electron chi connectivity index (χ3n) is 8.17. The van der Waals surface area contributed by atoms with Crippen LogP contribution >= 0.6 is 0 Å². The van der Waals surface area contributed by atoms with Crippen LogP contribution in [-0.4, -0.2) is 45.9 Å². The van der Waals surface area contributed by atoms with Gasteiger partial charge in [0, 0.05) is 35.2 Å². The van der Waals surface area contributed by atoms with Crippen LogP contribution in [-0.2, 0) is 11.8 Å². The number of nitrogens with one attached hydrogen (secondary N) is 1. The number of aliphatic hydroxyl groups excluding tert-OH is 1. The van der Waals surface area contributed by atoms with Gasteiger partial charge in [0.05, 0.1) is 5.69 Å². The molecule has 176 valence electrons. The van der Waals surface area contributed by atoms with Gasteiger partial charge in [0.2, 0.25) is 5.96 Å². The molecular formula is C29H27N3O3. The van der Waals surface area contributed by atoms with Gasteiger partial charge in [0.25, 0.3) is 0 Å². The number of phenols is 1. The molecule has 7 rings (SSSR count). The maximum atomic E-state index is 10.9. The fourth-order valence-corrected chi connectivity index (χ4v) is 6.76. The van der Waals surface area contributed by atoms with Crippen molar-refractivity contribution in [3.63, 3.8) is 0 Å². The van der Waals surface area contributed by atoms with Crippen LogP contribution in [0.15, 0.2) is 89.9 Å². The van der Waals surface area contributed by atoms with Crippen LogP contribution in [0.25, 0.3) is 0 Å². The number of guanidine groups is 1. The highest BCUT2D eigenvalue weighted by Gasteiger charge is 2.65. The molecule has 5 atom stereocenters. The van der Waals surface area contributed by atoms with Crippen molar-refractivity contribution in [1.29, 1.82) is 0 Å². The predicted octanol–water partition coefficient (Wildman–Crippen LogP) is 4.37. The molecule has 2 bridgehead atoms. The maximum Gasteiger partial charge on any atom is 0.203 e. The lowest BCUT2D eigenvalue weighted by Gasteiger charge is -2.57. The molecule has 6 heteroatoms. The highest BCUT2D eigenvalue weighted by molar-refractivity contribution is 5.96. The van der Waals surface area contributed by atoms with Crippen LogP contribution in [0.3, 0.4) is 0 Å². The van der Waals surface area contributed by atoms with Gasteiger partial charge in [0.1, 0.15) is 12.2 Å². The standard InChI is InChI=1S/C29H27N3O3/c33-23-13-11-18-17-22-21-12-14-24(34)27-29(21,25(18)26(23)35-27)15-16-32(22)28(30-19-7-3-1-4-8-19)31-20-9-5-2-6-10-20/h1-14,21-22,24,27,33-34H,15-17H2,(H,30,31)/t21-,22+,24-,27-,29-/m0/s1. The SMILES string of the molecule is Oc1ccc2c3c1O[C@H]1[C@@H](O)C=C[C@H]4[C@@H](C2)N(C(=Nc2ccccc2)Nc2ccccc2)CC[C@@]341. The average Bonchev–Trinajstić information content (AvgIpc) is 3.23. The summed E-state index contributed by atoms with van der Waals surface area (Å²) < 4.78 is 6.29. The number of aliphatic hydroxyl groups is 1. The zero-order valence-corrected chi connectivity index (χ0v) is 19.2. The minimum atomic E-state index is -0.698. The fraction of sp³-hybridized carbons (Fsp3) is 0.276. The second kappa shape index (κ2) is 7.62. The van der Waals surface area contributed by atoms with Gasteiger partial charge in [-0.3, -0.25) is 0 Å². The molecule has 0 unspecified atom stereocenters. The molecule has 0 saturated carbocycles. The Morgan fingerprint density at radius 1 is 1.00 bits per heavy atom. The Kier molecular flexibility index (Phi) is 4.48. The zero-order valence-electron chi connectivity index (χ0n) is 19.2. The van der Waals surface area contributed by atoms with Gasteiger partial charge >= 0.3 is 0 Å². The van der Waals surface area contributed by atoms with E-state index in [9.17, 15) is 10.2 Å². The lowest BCUT2D eigenvalue weighted by Crippen LogP contribution is -2.66. The molecule has 2 heterocycles. The quantitative estimate of drug-likeness (QED) is 0.298. The number of benzene rings is 3. The number of aromatic hydroxyl groups is 1. The Balaban J connectivity index is 1.36. The number of ether oxygens (including phenoxy) is 1. The van der Waals surface area contributed by atoms with Crippen LogP contribution in [0.4, 0.5) is 11.4 Å². The predicted molar refractivity (Wildman–Crippen MR) is 135 cm³/mol. The second-order valence-corrected chi connectivity index (χ2v) is 9.90. The van der Waals surface area contributed by atoms with Crippen molar-refractivity contribution in [2.45, 2.75) is 36.5 Å². The number of phenolic OH excluding ortho intramolecular Hbond substituents is 1. The smallest absolute Gasteiger partial charge is 0.203 e. The summed E-state index contributed by atoms with van der Waals surface area (Å²) in [5.41, 5.74) is 3.83. The van der Waals surface area contributed by atoms with E-state index in [1.807, 2.05) is 60.7 Å². The van der Waals surface area contributed by atoms with Gasteiger partial charge in [-0.25, -0.2) is 4.99 Å². The molecule has 3 N–H and O–H groups in total. The first-order valence-electron chi connectivity index (χ1n) is 12.3. The van der Waals surface area contributed by atoms with Crippen molar-refractivity contribution >= 4 is 17.3 Å². The molecule has 3 aromatic rings. The number of piperidine rings is 1. The van der Waals surface area contributed by atoms with Gasteiger partial charge in [0.15, 0.2) is 11.5 Å². The summed E-state index contributed by atoms with van der Waals surface area (Å²) >= 11 is 0. The zero-order chi connectivity index (χ0) is 23.6. The van der Waals surface area contributed by atoms with Gasteiger partial charge in [-0.15, -0.1) is 0 Å². The summed E-state index contributed by atoms with van der Waals surface area (Å²) in [7, 11) is 0. The van der Waals surface area contributed by atoms with Crippen molar-refractivity contribution in [2.24, 2.45) is 10.9 Å². The molecule has 1 spiro atoms. The van der Waals surface area contributed by atoms with E-state index < -0.39 is 6.10 Å². The summed E-state index contributed by atoms with van der Waals surface area (Å²) in [6.45, 7) is 0.765. The molecule has 0 radical (unpaired) electrons. The van der Waals surface area contributed by atoms with Gasteiger partial charge in [-0.05, 0) is 48.7 Å². The lowest BCUT2D eigenvalue weighted by molar-refractivity contribution is -0.0362. The van der Waals surface area contributed by atoms with E-state index >= 15 is 0 Å². The van der Waals surface area contributed by atoms with E-state index in [4.69, 9.17) is 9.73 Å². The van der Waals surface area contributed by atoms with Crippen molar-refractivity contribution in [1.82, 2.24) is 4.90 Å². The molecule has 2 aliphatic carbocycles. The maximum absolute atomic E-state index is 10.9. The molecule has 1 fully saturated rings. The molecule has 0 aromatic heterocycles.